The van der Waals surface area contributed by atoms with Crippen molar-refractivity contribution in [3.8, 4) is 5.75 Å². The van der Waals surface area contributed by atoms with Gasteiger partial charge in [0.2, 0.25) is 0 Å². The number of hydrogen-bond donors (Lipinski definition) is 1. The van der Waals surface area contributed by atoms with Crippen LogP contribution in [0.1, 0.15) is 30.5 Å². The van der Waals surface area contributed by atoms with E-state index in [0.717, 1.165) is 38.5 Å². The maximum atomic E-state index is 6.36. The lowest BCUT2D eigenvalue weighted by Gasteiger charge is -2.36. The van der Waals surface area contributed by atoms with Gasteiger partial charge in [-0.25, -0.2) is 0 Å². The molecule has 1 aromatic rings. The lowest BCUT2D eigenvalue weighted by Crippen LogP contribution is -2.50. The Labute approximate surface area is 123 Å². The normalized spacial score (nSPS) is 17.2. The summed E-state index contributed by atoms with van der Waals surface area (Å²) in [5.74, 6) is 1.05. The van der Waals surface area contributed by atoms with E-state index < -0.39 is 0 Å². The third kappa shape index (κ3) is 3.97. The monoisotopic (exact) mass is 276 g/mol. The molecule has 20 heavy (non-hydrogen) atoms. The van der Waals surface area contributed by atoms with Gasteiger partial charge in [-0.15, -0.1) is 0 Å². The second-order valence-electron chi connectivity index (χ2n) is 6.62. The van der Waals surface area contributed by atoms with Crippen LogP contribution in [0.15, 0.2) is 12.1 Å². The van der Waals surface area contributed by atoms with Crippen LogP contribution in [0, 0.1) is 20.8 Å². The quantitative estimate of drug-likeness (QED) is 0.915. The molecule has 1 aromatic carbocycles. The first-order valence-electron chi connectivity index (χ1n) is 7.57. The van der Waals surface area contributed by atoms with Crippen molar-refractivity contribution >= 4 is 0 Å². The topological polar surface area (TPSA) is 24.5 Å². The molecule has 3 heteroatoms. The van der Waals surface area contributed by atoms with Crippen molar-refractivity contribution in [2.24, 2.45) is 0 Å². The summed E-state index contributed by atoms with van der Waals surface area (Å²) in [4.78, 5) is 2.48. The summed E-state index contributed by atoms with van der Waals surface area (Å²) in [6.07, 6.45) is 0. The Balaban J connectivity index is 2.07. The minimum absolute atomic E-state index is 0.165. The average Bonchev–Trinajstić information content (AvgIpc) is 2.34. The Morgan fingerprint density at radius 2 is 1.65 bits per heavy atom. The molecule has 1 N–H and O–H groups in total. The molecule has 1 saturated heterocycles. The standard InChI is InChI=1S/C17H28N2O/c1-13-10-14(2)16(15(3)11-13)20-17(4,5)12-19-8-6-18-7-9-19/h10-11,18H,6-9,12H2,1-5H3. The Morgan fingerprint density at radius 1 is 1.10 bits per heavy atom. The maximum absolute atomic E-state index is 6.36. The molecule has 112 valence electrons. The van der Waals surface area contributed by atoms with Gasteiger partial charge in [0.25, 0.3) is 0 Å². The van der Waals surface area contributed by atoms with Gasteiger partial charge >= 0.3 is 0 Å². The third-order valence-corrected chi connectivity index (χ3v) is 3.80. The van der Waals surface area contributed by atoms with Crippen LogP contribution < -0.4 is 10.1 Å². The fourth-order valence-corrected chi connectivity index (χ4v) is 3.04. The van der Waals surface area contributed by atoms with Crippen LogP contribution in [0.25, 0.3) is 0 Å². The number of benzene rings is 1. The first-order valence-corrected chi connectivity index (χ1v) is 7.57. The van der Waals surface area contributed by atoms with Crippen molar-refractivity contribution in [2.75, 3.05) is 32.7 Å². The zero-order valence-corrected chi connectivity index (χ0v) is 13.5. The molecule has 0 saturated carbocycles. The van der Waals surface area contributed by atoms with Gasteiger partial charge in [-0.05, 0) is 45.7 Å². The minimum Gasteiger partial charge on any atom is -0.486 e. The highest BCUT2D eigenvalue weighted by Crippen LogP contribution is 2.28. The predicted octanol–water partition coefficient (Wildman–Crippen LogP) is 2.67. The van der Waals surface area contributed by atoms with Gasteiger partial charge in [-0.2, -0.15) is 0 Å². The first kappa shape index (κ1) is 15.3. The van der Waals surface area contributed by atoms with Crippen LogP contribution in [-0.4, -0.2) is 43.2 Å². The number of piperazine rings is 1. The Hall–Kier alpha value is -1.06. The first-order chi connectivity index (χ1) is 9.37. The van der Waals surface area contributed by atoms with E-state index in [0.29, 0.717) is 0 Å². The minimum atomic E-state index is -0.165. The second-order valence-corrected chi connectivity index (χ2v) is 6.62. The maximum Gasteiger partial charge on any atom is 0.126 e. The summed E-state index contributed by atoms with van der Waals surface area (Å²) < 4.78 is 6.36. The van der Waals surface area contributed by atoms with Gasteiger partial charge in [-0.1, -0.05) is 17.7 Å². The molecule has 0 aliphatic carbocycles. The molecule has 0 aromatic heterocycles. The Kier molecular flexibility index (Phi) is 4.71. The van der Waals surface area contributed by atoms with Gasteiger partial charge in [0.1, 0.15) is 11.4 Å². The molecule has 1 heterocycles. The average molecular weight is 276 g/mol. The molecule has 3 nitrogen and oxygen atoms in total. The summed E-state index contributed by atoms with van der Waals surface area (Å²) in [5, 5.41) is 3.39. The van der Waals surface area contributed by atoms with E-state index in [9.17, 15) is 0 Å². The molecule has 1 aliphatic rings. The Bertz CT molecular complexity index is 439. The predicted molar refractivity (Wildman–Crippen MR) is 84.7 cm³/mol. The van der Waals surface area contributed by atoms with Crippen molar-refractivity contribution in [1.29, 1.82) is 0 Å². The fraction of sp³-hybridized carbons (Fsp3) is 0.647. The van der Waals surface area contributed by atoms with Gasteiger partial charge in [0, 0.05) is 32.7 Å². The zero-order chi connectivity index (χ0) is 14.8. The molecule has 0 atom stereocenters. The number of aryl methyl sites for hydroxylation is 3. The molecular formula is C17H28N2O. The summed E-state index contributed by atoms with van der Waals surface area (Å²) in [6.45, 7) is 16.1. The van der Waals surface area contributed by atoms with E-state index in [1.807, 2.05) is 0 Å². The lowest BCUT2D eigenvalue weighted by atomic mass is 10.0. The van der Waals surface area contributed by atoms with Crippen LogP contribution >= 0.6 is 0 Å². The van der Waals surface area contributed by atoms with E-state index in [1.54, 1.807) is 0 Å². The third-order valence-electron chi connectivity index (χ3n) is 3.80. The summed E-state index contributed by atoms with van der Waals surface area (Å²) >= 11 is 0. The number of ether oxygens (including phenoxy) is 1. The van der Waals surface area contributed by atoms with Crippen LogP contribution in [0.5, 0.6) is 5.75 Å². The van der Waals surface area contributed by atoms with Gasteiger partial charge in [0.05, 0.1) is 0 Å². The van der Waals surface area contributed by atoms with E-state index in [1.165, 1.54) is 16.7 Å². The Morgan fingerprint density at radius 3 is 2.20 bits per heavy atom. The summed E-state index contributed by atoms with van der Waals surface area (Å²) in [7, 11) is 0. The van der Waals surface area contributed by atoms with Crippen LogP contribution in [-0.2, 0) is 0 Å². The fourth-order valence-electron chi connectivity index (χ4n) is 3.04. The SMILES string of the molecule is Cc1cc(C)c(OC(C)(C)CN2CCNCC2)c(C)c1. The molecule has 0 spiro atoms. The number of hydrogen-bond acceptors (Lipinski definition) is 3. The molecule has 2 rings (SSSR count). The van der Waals surface area contributed by atoms with E-state index in [-0.39, 0.29) is 5.60 Å². The van der Waals surface area contributed by atoms with Crippen molar-refractivity contribution in [2.45, 2.75) is 40.2 Å². The van der Waals surface area contributed by atoms with Crippen molar-refractivity contribution < 1.29 is 4.74 Å². The van der Waals surface area contributed by atoms with Gasteiger partial charge < -0.3 is 10.1 Å². The lowest BCUT2D eigenvalue weighted by molar-refractivity contribution is 0.0535. The smallest absolute Gasteiger partial charge is 0.126 e. The van der Waals surface area contributed by atoms with Crippen LogP contribution in [0.3, 0.4) is 0 Å². The van der Waals surface area contributed by atoms with Crippen molar-refractivity contribution in [1.82, 2.24) is 10.2 Å². The molecule has 0 bridgehead atoms. The van der Waals surface area contributed by atoms with Gasteiger partial charge in [0.15, 0.2) is 0 Å². The molecule has 0 amide bonds. The molecule has 1 aliphatic heterocycles. The highest BCUT2D eigenvalue weighted by molar-refractivity contribution is 5.43. The molecule has 0 radical (unpaired) electrons. The number of rotatable bonds is 4. The van der Waals surface area contributed by atoms with Crippen molar-refractivity contribution in [3.05, 3.63) is 28.8 Å². The van der Waals surface area contributed by atoms with E-state index in [4.69, 9.17) is 4.74 Å². The van der Waals surface area contributed by atoms with E-state index >= 15 is 0 Å². The van der Waals surface area contributed by atoms with Crippen LogP contribution in [0.2, 0.25) is 0 Å². The number of nitrogens with one attached hydrogen (secondary N) is 1. The zero-order valence-electron chi connectivity index (χ0n) is 13.5. The second kappa shape index (κ2) is 6.15. The summed E-state index contributed by atoms with van der Waals surface area (Å²) in [6, 6.07) is 4.40. The largest absolute Gasteiger partial charge is 0.486 e. The molecular weight excluding hydrogens is 248 g/mol. The molecule has 1 fully saturated rings. The number of nitrogens with zero attached hydrogens (tertiary/aromatic N) is 1. The molecule has 0 unspecified atom stereocenters. The van der Waals surface area contributed by atoms with Crippen LogP contribution in [0.4, 0.5) is 0 Å². The van der Waals surface area contributed by atoms with Gasteiger partial charge in [-0.3, -0.25) is 4.90 Å². The highest BCUT2D eigenvalue weighted by Gasteiger charge is 2.26. The van der Waals surface area contributed by atoms with Crippen molar-refractivity contribution in [3.63, 3.8) is 0 Å². The summed E-state index contributed by atoms with van der Waals surface area (Å²) in [5.41, 5.74) is 3.60. The van der Waals surface area contributed by atoms with E-state index in [2.05, 4.69) is 57.0 Å². The highest BCUT2D eigenvalue weighted by atomic mass is 16.5.